The first-order chi connectivity index (χ1) is 9.42. The van der Waals surface area contributed by atoms with Crippen molar-refractivity contribution in [2.75, 3.05) is 6.61 Å². The molecule has 1 saturated heterocycles. The van der Waals surface area contributed by atoms with E-state index in [0.29, 0.717) is 19.4 Å². The summed E-state index contributed by atoms with van der Waals surface area (Å²) in [6, 6.07) is -1.19. The number of carboxylic acid groups (broad SMARTS) is 3. The summed E-state index contributed by atoms with van der Waals surface area (Å²) in [6.07, 6.45) is -4.32. The van der Waals surface area contributed by atoms with Crippen LogP contribution >= 0.6 is 0 Å². The predicted octanol–water partition coefficient (Wildman–Crippen LogP) is 0.0555. The van der Waals surface area contributed by atoms with Gasteiger partial charge in [-0.1, -0.05) is 0 Å². The number of carboxylic acids is 3. The molecule has 0 aromatic heterocycles. The van der Waals surface area contributed by atoms with E-state index in [2.05, 4.69) is 0 Å². The SMILES string of the molecule is N[C@@H](C[C@]1(C(=O)O)CCCO1)C(=O)O.O=C(O)C(F)(F)F. The van der Waals surface area contributed by atoms with Crippen LogP contribution in [0, 0.1) is 0 Å². The van der Waals surface area contributed by atoms with Gasteiger partial charge in [0.15, 0.2) is 5.60 Å². The number of halogens is 3. The first kappa shape index (κ1) is 19.1. The second kappa shape index (κ2) is 7.22. The Balaban J connectivity index is 0.000000486. The first-order valence-corrected chi connectivity index (χ1v) is 5.58. The Kier molecular flexibility index (Phi) is 6.57. The van der Waals surface area contributed by atoms with Gasteiger partial charge < -0.3 is 25.8 Å². The van der Waals surface area contributed by atoms with Crippen molar-refractivity contribution < 1.29 is 47.6 Å². The summed E-state index contributed by atoms with van der Waals surface area (Å²) < 4.78 is 36.8. The second-order valence-electron chi connectivity index (χ2n) is 4.20. The molecular formula is C10H14F3NO7. The Morgan fingerprint density at radius 3 is 1.95 bits per heavy atom. The zero-order valence-electron chi connectivity index (χ0n) is 10.6. The van der Waals surface area contributed by atoms with Gasteiger partial charge in [0.05, 0.1) is 0 Å². The van der Waals surface area contributed by atoms with Gasteiger partial charge in [0.25, 0.3) is 0 Å². The van der Waals surface area contributed by atoms with Gasteiger partial charge >= 0.3 is 24.1 Å². The molecule has 1 heterocycles. The molecule has 0 aliphatic carbocycles. The molecule has 1 aliphatic heterocycles. The first-order valence-electron chi connectivity index (χ1n) is 5.58. The van der Waals surface area contributed by atoms with Crippen LogP contribution < -0.4 is 5.73 Å². The molecular weight excluding hydrogens is 303 g/mol. The van der Waals surface area contributed by atoms with E-state index in [9.17, 15) is 22.8 Å². The van der Waals surface area contributed by atoms with Crippen molar-refractivity contribution >= 4 is 17.9 Å². The van der Waals surface area contributed by atoms with Gasteiger partial charge in [-0.2, -0.15) is 13.2 Å². The Hall–Kier alpha value is -1.88. The fraction of sp³-hybridized carbons (Fsp3) is 0.700. The molecule has 122 valence electrons. The highest BCUT2D eigenvalue weighted by Gasteiger charge is 2.45. The molecule has 0 spiro atoms. The standard InChI is InChI=1S/C8H13NO5.C2HF3O2/c9-5(6(10)11)4-8(7(12)13)2-1-3-14-8;3-2(4,5)1(6)7/h5H,1-4,9H2,(H,10,11)(H,12,13);(H,6,7)/t5-,8-;/m0./s1. The number of hydrogen-bond donors (Lipinski definition) is 4. The summed E-state index contributed by atoms with van der Waals surface area (Å²) in [7, 11) is 0. The molecule has 0 saturated carbocycles. The fourth-order valence-corrected chi connectivity index (χ4v) is 1.56. The molecule has 1 rings (SSSR count). The summed E-state index contributed by atoms with van der Waals surface area (Å²) in [4.78, 5) is 30.3. The number of rotatable bonds is 4. The van der Waals surface area contributed by atoms with Crippen molar-refractivity contribution in [3.63, 3.8) is 0 Å². The fourth-order valence-electron chi connectivity index (χ4n) is 1.56. The van der Waals surface area contributed by atoms with Crippen LogP contribution in [0.4, 0.5) is 13.2 Å². The van der Waals surface area contributed by atoms with Crippen molar-refractivity contribution in [1.29, 1.82) is 0 Å². The molecule has 11 heteroatoms. The van der Waals surface area contributed by atoms with Crippen LogP contribution in [0.2, 0.25) is 0 Å². The van der Waals surface area contributed by atoms with E-state index in [1.54, 1.807) is 0 Å². The lowest BCUT2D eigenvalue weighted by atomic mass is 9.92. The van der Waals surface area contributed by atoms with Crippen LogP contribution in [-0.4, -0.2) is 57.7 Å². The average Bonchev–Trinajstić information content (AvgIpc) is 2.78. The average molecular weight is 317 g/mol. The maximum atomic E-state index is 10.9. The van der Waals surface area contributed by atoms with Crippen LogP contribution in [0.25, 0.3) is 0 Å². The molecule has 21 heavy (non-hydrogen) atoms. The third-order valence-corrected chi connectivity index (χ3v) is 2.60. The van der Waals surface area contributed by atoms with E-state index in [1.807, 2.05) is 0 Å². The van der Waals surface area contributed by atoms with Gasteiger partial charge in [0.2, 0.25) is 0 Å². The summed E-state index contributed by atoms with van der Waals surface area (Å²) in [6.45, 7) is 0.346. The Morgan fingerprint density at radius 2 is 1.71 bits per heavy atom. The summed E-state index contributed by atoms with van der Waals surface area (Å²) in [5.74, 6) is -5.10. The van der Waals surface area contributed by atoms with Gasteiger partial charge in [0, 0.05) is 13.0 Å². The van der Waals surface area contributed by atoms with Crippen molar-refractivity contribution in [3.8, 4) is 0 Å². The van der Waals surface area contributed by atoms with E-state index in [-0.39, 0.29) is 6.42 Å². The Morgan fingerprint density at radius 1 is 1.24 bits per heavy atom. The highest BCUT2D eigenvalue weighted by atomic mass is 19.4. The summed E-state index contributed by atoms with van der Waals surface area (Å²) in [5.41, 5.74) is 3.89. The number of carbonyl (C=O) groups is 3. The largest absolute Gasteiger partial charge is 0.490 e. The molecule has 0 amide bonds. The predicted molar refractivity (Wildman–Crippen MR) is 59.5 cm³/mol. The molecule has 1 fully saturated rings. The number of nitrogens with two attached hydrogens (primary N) is 1. The molecule has 1 aliphatic rings. The zero-order valence-corrected chi connectivity index (χ0v) is 10.6. The van der Waals surface area contributed by atoms with Crippen LogP contribution in [0.3, 0.4) is 0 Å². The smallest absolute Gasteiger partial charge is 0.480 e. The third kappa shape index (κ3) is 5.95. The molecule has 8 nitrogen and oxygen atoms in total. The van der Waals surface area contributed by atoms with Crippen LogP contribution in [0.15, 0.2) is 0 Å². The minimum absolute atomic E-state index is 0.183. The summed E-state index contributed by atoms with van der Waals surface area (Å²) >= 11 is 0. The maximum absolute atomic E-state index is 10.9. The normalized spacial score (nSPS) is 22.9. The minimum atomic E-state index is -5.08. The Labute approximate surface area is 116 Å². The van der Waals surface area contributed by atoms with E-state index >= 15 is 0 Å². The monoisotopic (exact) mass is 317 g/mol. The van der Waals surface area contributed by atoms with Gasteiger partial charge in [0.1, 0.15) is 6.04 Å². The zero-order chi connectivity index (χ0) is 16.8. The number of aliphatic carboxylic acids is 3. The molecule has 0 unspecified atom stereocenters. The topological polar surface area (TPSA) is 147 Å². The number of hydrogen-bond acceptors (Lipinski definition) is 5. The van der Waals surface area contributed by atoms with E-state index in [0.717, 1.165) is 0 Å². The van der Waals surface area contributed by atoms with E-state index in [4.69, 9.17) is 30.6 Å². The highest BCUT2D eigenvalue weighted by Crippen LogP contribution is 2.30. The van der Waals surface area contributed by atoms with Gasteiger partial charge in [-0.05, 0) is 12.8 Å². The van der Waals surface area contributed by atoms with Gasteiger partial charge in [-0.15, -0.1) is 0 Å². The third-order valence-electron chi connectivity index (χ3n) is 2.60. The summed E-state index contributed by atoms with van der Waals surface area (Å²) in [5, 5.41) is 24.6. The van der Waals surface area contributed by atoms with Gasteiger partial charge in [-0.3, -0.25) is 4.79 Å². The van der Waals surface area contributed by atoms with E-state index < -0.39 is 35.7 Å². The van der Waals surface area contributed by atoms with Crippen molar-refractivity contribution in [1.82, 2.24) is 0 Å². The molecule has 5 N–H and O–H groups in total. The van der Waals surface area contributed by atoms with Crippen molar-refractivity contribution in [2.24, 2.45) is 5.73 Å². The van der Waals surface area contributed by atoms with E-state index in [1.165, 1.54) is 0 Å². The van der Waals surface area contributed by atoms with Gasteiger partial charge in [-0.25, -0.2) is 9.59 Å². The lowest BCUT2D eigenvalue weighted by Gasteiger charge is -2.24. The molecule has 2 atom stereocenters. The Bertz CT molecular complexity index is 404. The lowest BCUT2D eigenvalue weighted by Crippen LogP contribution is -2.46. The van der Waals surface area contributed by atoms with Crippen molar-refractivity contribution in [3.05, 3.63) is 0 Å². The minimum Gasteiger partial charge on any atom is -0.480 e. The quantitative estimate of drug-likeness (QED) is 0.569. The molecule has 0 bridgehead atoms. The second-order valence-corrected chi connectivity index (χ2v) is 4.20. The van der Waals surface area contributed by atoms with Crippen LogP contribution in [0.1, 0.15) is 19.3 Å². The van der Waals surface area contributed by atoms with Crippen LogP contribution in [0.5, 0.6) is 0 Å². The molecule has 0 aromatic carbocycles. The molecule has 0 radical (unpaired) electrons. The number of alkyl halides is 3. The maximum Gasteiger partial charge on any atom is 0.490 e. The lowest BCUT2D eigenvalue weighted by molar-refractivity contribution is -0.192. The highest BCUT2D eigenvalue weighted by molar-refractivity contribution is 5.80. The molecule has 0 aromatic rings. The number of ether oxygens (including phenoxy) is 1. The van der Waals surface area contributed by atoms with Crippen LogP contribution in [-0.2, 0) is 19.1 Å². The van der Waals surface area contributed by atoms with Crippen molar-refractivity contribution in [2.45, 2.75) is 37.1 Å².